The van der Waals surface area contributed by atoms with Crippen LogP contribution in [0.25, 0.3) is 5.69 Å². The normalized spacial score (nSPS) is 12.8. The van der Waals surface area contributed by atoms with Crippen molar-refractivity contribution in [2.45, 2.75) is 46.1 Å². The molecule has 0 saturated carbocycles. The second-order valence-corrected chi connectivity index (χ2v) is 5.30. The molecule has 1 N–H and O–H groups in total. The SMILES string of the molecule is CCNC(CC)c1ccc(-n2ccc(C(C)C)n2)cn1. The van der Waals surface area contributed by atoms with Crippen molar-refractivity contribution in [2.24, 2.45) is 0 Å². The van der Waals surface area contributed by atoms with Crippen LogP contribution in [0.5, 0.6) is 0 Å². The molecule has 0 amide bonds. The molecule has 0 spiro atoms. The maximum Gasteiger partial charge on any atom is 0.0829 e. The van der Waals surface area contributed by atoms with E-state index in [2.05, 4.69) is 61.3 Å². The van der Waals surface area contributed by atoms with Crippen molar-refractivity contribution < 1.29 is 0 Å². The van der Waals surface area contributed by atoms with Crippen molar-refractivity contribution in [3.63, 3.8) is 0 Å². The van der Waals surface area contributed by atoms with Gasteiger partial charge in [0.2, 0.25) is 0 Å². The van der Waals surface area contributed by atoms with Crippen LogP contribution >= 0.6 is 0 Å². The Kier molecular flexibility index (Phi) is 4.90. The predicted molar refractivity (Wildman–Crippen MR) is 82.2 cm³/mol. The number of aromatic nitrogens is 3. The number of pyridine rings is 1. The van der Waals surface area contributed by atoms with Gasteiger partial charge in [-0.3, -0.25) is 4.98 Å². The zero-order valence-corrected chi connectivity index (χ0v) is 12.8. The Morgan fingerprint density at radius 3 is 2.45 bits per heavy atom. The van der Waals surface area contributed by atoms with E-state index >= 15 is 0 Å². The zero-order chi connectivity index (χ0) is 14.5. The standard InChI is InChI=1S/C16H24N4/c1-5-14(17-6-2)16-8-7-13(11-18-16)20-10-9-15(19-20)12(3)4/h7-12,14,17H,5-6H2,1-4H3. The van der Waals surface area contributed by atoms with Crippen LogP contribution in [-0.2, 0) is 0 Å². The highest BCUT2D eigenvalue weighted by Crippen LogP contribution is 2.17. The highest BCUT2D eigenvalue weighted by atomic mass is 15.3. The van der Waals surface area contributed by atoms with Crippen LogP contribution in [0.15, 0.2) is 30.6 Å². The molecule has 2 aromatic heterocycles. The van der Waals surface area contributed by atoms with Gasteiger partial charge in [0.25, 0.3) is 0 Å². The minimum atomic E-state index is 0.331. The van der Waals surface area contributed by atoms with E-state index in [0.29, 0.717) is 12.0 Å². The zero-order valence-electron chi connectivity index (χ0n) is 12.8. The lowest BCUT2D eigenvalue weighted by Gasteiger charge is -2.15. The van der Waals surface area contributed by atoms with Crippen molar-refractivity contribution in [2.75, 3.05) is 6.54 Å². The Labute approximate surface area is 121 Å². The summed E-state index contributed by atoms with van der Waals surface area (Å²) >= 11 is 0. The molecule has 4 heteroatoms. The number of nitrogens with zero attached hydrogens (tertiary/aromatic N) is 3. The van der Waals surface area contributed by atoms with Crippen LogP contribution in [0.2, 0.25) is 0 Å². The molecule has 0 aliphatic heterocycles. The average molecular weight is 272 g/mol. The summed E-state index contributed by atoms with van der Waals surface area (Å²) in [6.07, 6.45) is 4.93. The van der Waals surface area contributed by atoms with Crippen molar-refractivity contribution >= 4 is 0 Å². The molecule has 2 heterocycles. The van der Waals surface area contributed by atoms with Gasteiger partial charge < -0.3 is 5.32 Å². The van der Waals surface area contributed by atoms with Crippen molar-refractivity contribution in [3.8, 4) is 5.69 Å². The highest BCUT2D eigenvalue weighted by Gasteiger charge is 2.10. The first kappa shape index (κ1) is 14.7. The fourth-order valence-corrected chi connectivity index (χ4v) is 2.23. The van der Waals surface area contributed by atoms with Crippen LogP contribution < -0.4 is 5.32 Å². The van der Waals surface area contributed by atoms with Gasteiger partial charge in [0, 0.05) is 12.2 Å². The number of hydrogen-bond acceptors (Lipinski definition) is 3. The van der Waals surface area contributed by atoms with Gasteiger partial charge in [-0.15, -0.1) is 0 Å². The van der Waals surface area contributed by atoms with E-state index < -0.39 is 0 Å². The summed E-state index contributed by atoms with van der Waals surface area (Å²) in [5.74, 6) is 0.446. The third kappa shape index (κ3) is 3.25. The van der Waals surface area contributed by atoms with Gasteiger partial charge in [0.15, 0.2) is 0 Å². The molecule has 1 unspecified atom stereocenters. The minimum absolute atomic E-state index is 0.331. The lowest BCUT2D eigenvalue weighted by molar-refractivity contribution is 0.524. The Balaban J connectivity index is 2.18. The quantitative estimate of drug-likeness (QED) is 0.875. The molecule has 0 aliphatic rings. The van der Waals surface area contributed by atoms with Crippen molar-refractivity contribution in [1.29, 1.82) is 0 Å². The molecule has 0 saturated heterocycles. The monoisotopic (exact) mass is 272 g/mol. The van der Waals surface area contributed by atoms with Crippen LogP contribution in [-0.4, -0.2) is 21.3 Å². The summed E-state index contributed by atoms with van der Waals surface area (Å²) in [5, 5.41) is 8.01. The molecule has 2 aromatic rings. The maximum absolute atomic E-state index is 4.58. The Hall–Kier alpha value is -1.68. The molecule has 4 nitrogen and oxygen atoms in total. The second-order valence-electron chi connectivity index (χ2n) is 5.30. The number of hydrogen-bond donors (Lipinski definition) is 1. The lowest BCUT2D eigenvalue weighted by Crippen LogP contribution is -2.21. The predicted octanol–water partition coefficient (Wildman–Crippen LogP) is 3.45. The maximum atomic E-state index is 4.58. The summed E-state index contributed by atoms with van der Waals surface area (Å²) in [7, 11) is 0. The smallest absolute Gasteiger partial charge is 0.0829 e. The van der Waals surface area contributed by atoms with E-state index in [4.69, 9.17) is 0 Å². The summed E-state index contributed by atoms with van der Waals surface area (Å²) in [6, 6.07) is 6.56. The minimum Gasteiger partial charge on any atom is -0.309 e. The van der Waals surface area contributed by atoms with E-state index in [1.807, 2.05) is 17.1 Å². The van der Waals surface area contributed by atoms with Crippen LogP contribution in [0.4, 0.5) is 0 Å². The van der Waals surface area contributed by atoms with Crippen LogP contribution in [0.3, 0.4) is 0 Å². The Morgan fingerprint density at radius 1 is 1.15 bits per heavy atom. The summed E-state index contributed by atoms with van der Waals surface area (Å²) < 4.78 is 1.89. The van der Waals surface area contributed by atoms with Crippen molar-refractivity contribution in [1.82, 2.24) is 20.1 Å². The van der Waals surface area contributed by atoms with Gasteiger partial charge in [0.05, 0.1) is 23.3 Å². The van der Waals surface area contributed by atoms with Crippen molar-refractivity contribution in [3.05, 3.63) is 42.0 Å². The van der Waals surface area contributed by atoms with E-state index in [9.17, 15) is 0 Å². The average Bonchev–Trinajstić information content (AvgIpc) is 2.95. The molecule has 1 atom stereocenters. The van der Waals surface area contributed by atoms with Gasteiger partial charge in [-0.1, -0.05) is 27.7 Å². The van der Waals surface area contributed by atoms with E-state index in [1.165, 1.54) is 0 Å². The van der Waals surface area contributed by atoms with E-state index in [-0.39, 0.29) is 0 Å². The third-order valence-electron chi connectivity index (χ3n) is 3.45. The molecule has 0 fully saturated rings. The van der Waals surface area contributed by atoms with Gasteiger partial charge in [0.1, 0.15) is 0 Å². The fourth-order valence-electron chi connectivity index (χ4n) is 2.23. The molecule has 20 heavy (non-hydrogen) atoms. The topological polar surface area (TPSA) is 42.7 Å². The third-order valence-corrected chi connectivity index (χ3v) is 3.45. The van der Waals surface area contributed by atoms with Gasteiger partial charge in [-0.25, -0.2) is 4.68 Å². The van der Waals surface area contributed by atoms with Crippen LogP contribution in [0, 0.1) is 0 Å². The molecule has 108 valence electrons. The summed E-state index contributed by atoms with van der Waals surface area (Å²) in [5.41, 5.74) is 3.20. The Morgan fingerprint density at radius 2 is 1.95 bits per heavy atom. The molecular weight excluding hydrogens is 248 g/mol. The molecular formula is C16H24N4. The largest absolute Gasteiger partial charge is 0.309 e. The number of nitrogens with one attached hydrogen (secondary N) is 1. The van der Waals surface area contributed by atoms with Gasteiger partial charge in [-0.05, 0) is 37.1 Å². The second kappa shape index (κ2) is 6.66. The molecule has 0 bridgehead atoms. The van der Waals surface area contributed by atoms with Gasteiger partial charge >= 0.3 is 0 Å². The summed E-state index contributed by atoms with van der Waals surface area (Å²) in [4.78, 5) is 4.58. The lowest BCUT2D eigenvalue weighted by atomic mass is 10.1. The van der Waals surface area contributed by atoms with Crippen LogP contribution in [0.1, 0.15) is 57.5 Å². The first-order chi connectivity index (χ1) is 9.65. The molecule has 0 aliphatic carbocycles. The molecule has 0 radical (unpaired) electrons. The van der Waals surface area contributed by atoms with Gasteiger partial charge in [-0.2, -0.15) is 5.10 Å². The molecule has 2 rings (SSSR count). The van der Waals surface area contributed by atoms with E-state index in [1.54, 1.807) is 0 Å². The van der Waals surface area contributed by atoms with E-state index in [0.717, 1.165) is 30.0 Å². The molecule has 0 aromatic carbocycles. The first-order valence-electron chi connectivity index (χ1n) is 7.41. The number of rotatable bonds is 6. The summed E-state index contributed by atoms with van der Waals surface area (Å²) in [6.45, 7) is 9.55. The highest BCUT2D eigenvalue weighted by molar-refractivity contribution is 5.30. The Bertz CT molecular complexity index is 528. The first-order valence-corrected chi connectivity index (χ1v) is 7.41. The fraction of sp³-hybridized carbons (Fsp3) is 0.500.